The Bertz CT molecular complexity index is 261. The molecule has 0 bridgehead atoms. The fraction of sp³-hybridized carbons (Fsp3) is 1.00. The van der Waals surface area contributed by atoms with Crippen LogP contribution in [0.5, 0.6) is 0 Å². The van der Waals surface area contributed by atoms with E-state index < -0.39 is 9.05 Å². The Morgan fingerprint density at radius 2 is 1.87 bits per heavy atom. The minimum atomic E-state index is -3.38. The average molecular weight is 259 g/mol. The Morgan fingerprint density at radius 3 is 2.33 bits per heavy atom. The normalized spacial score (nSPS) is 13.1. The summed E-state index contributed by atoms with van der Waals surface area (Å²) in [6.07, 6.45) is 1.20. The monoisotopic (exact) mass is 258 g/mol. The molecule has 0 aliphatic carbocycles. The van der Waals surface area contributed by atoms with E-state index in [1.54, 1.807) is 7.11 Å². The van der Waals surface area contributed by atoms with Gasteiger partial charge in [0.25, 0.3) is 0 Å². The number of hydrogen-bond donors (Lipinski definition) is 0. The van der Waals surface area contributed by atoms with E-state index in [1.165, 1.54) is 0 Å². The van der Waals surface area contributed by atoms with Crippen molar-refractivity contribution >= 4 is 19.7 Å². The van der Waals surface area contributed by atoms with Gasteiger partial charge in [-0.05, 0) is 26.7 Å². The molecule has 0 radical (unpaired) electrons. The topological polar surface area (TPSA) is 52.6 Å². The van der Waals surface area contributed by atoms with E-state index in [2.05, 4.69) is 0 Å². The van der Waals surface area contributed by atoms with E-state index in [9.17, 15) is 8.42 Å². The third kappa shape index (κ3) is 10.4. The minimum Gasteiger partial charge on any atom is -0.381 e. The van der Waals surface area contributed by atoms with Gasteiger partial charge in [0, 0.05) is 31.0 Å². The van der Waals surface area contributed by atoms with Gasteiger partial charge in [0.15, 0.2) is 0 Å². The highest BCUT2D eigenvalue weighted by Gasteiger charge is 2.15. The van der Waals surface area contributed by atoms with Crippen LogP contribution in [0.2, 0.25) is 0 Å². The van der Waals surface area contributed by atoms with Crippen LogP contribution in [0.1, 0.15) is 26.7 Å². The molecular formula is C9H19ClO4S. The Morgan fingerprint density at radius 1 is 1.27 bits per heavy atom. The van der Waals surface area contributed by atoms with Crippen LogP contribution in [0.25, 0.3) is 0 Å². The van der Waals surface area contributed by atoms with Gasteiger partial charge >= 0.3 is 0 Å². The van der Waals surface area contributed by atoms with E-state index in [1.807, 2.05) is 13.8 Å². The molecule has 0 unspecified atom stereocenters. The Hall–Kier alpha value is 0.160. The average Bonchev–Trinajstić information content (AvgIpc) is 2.09. The van der Waals surface area contributed by atoms with Crippen LogP contribution in [0.4, 0.5) is 0 Å². The van der Waals surface area contributed by atoms with E-state index in [-0.39, 0.29) is 11.4 Å². The maximum absolute atomic E-state index is 10.6. The zero-order valence-corrected chi connectivity index (χ0v) is 11.0. The van der Waals surface area contributed by atoms with Gasteiger partial charge in [-0.15, -0.1) is 0 Å². The van der Waals surface area contributed by atoms with Gasteiger partial charge in [-0.3, -0.25) is 0 Å². The number of rotatable bonds is 8. The first-order valence-corrected chi connectivity index (χ1v) is 7.30. The fourth-order valence-corrected chi connectivity index (χ4v) is 1.65. The summed E-state index contributed by atoms with van der Waals surface area (Å²) in [5, 5.41) is 0. The summed E-state index contributed by atoms with van der Waals surface area (Å²) >= 11 is 0. The summed E-state index contributed by atoms with van der Waals surface area (Å²) in [4.78, 5) is 0. The zero-order valence-electron chi connectivity index (χ0n) is 9.45. The van der Waals surface area contributed by atoms with Crippen molar-refractivity contribution in [2.24, 2.45) is 0 Å². The second-order valence-corrected chi connectivity index (χ2v) is 6.82. The molecule has 0 saturated carbocycles. The molecule has 0 aliphatic heterocycles. The largest absolute Gasteiger partial charge is 0.381 e. The van der Waals surface area contributed by atoms with Gasteiger partial charge in [0.2, 0.25) is 9.05 Å². The molecule has 0 saturated heterocycles. The van der Waals surface area contributed by atoms with Gasteiger partial charge in [0.05, 0.1) is 11.4 Å². The maximum Gasteiger partial charge on any atom is 0.232 e. The highest BCUT2D eigenvalue weighted by Crippen LogP contribution is 2.12. The third-order valence-electron chi connectivity index (χ3n) is 2.08. The summed E-state index contributed by atoms with van der Waals surface area (Å²) in [6.45, 7) is 4.91. The molecule has 0 aromatic carbocycles. The van der Waals surface area contributed by atoms with Crippen LogP contribution in [0.15, 0.2) is 0 Å². The van der Waals surface area contributed by atoms with Crippen LogP contribution >= 0.6 is 10.7 Å². The number of hydrogen-bond acceptors (Lipinski definition) is 4. The lowest BCUT2D eigenvalue weighted by Gasteiger charge is -2.22. The summed E-state index contributed by atoms with van der Waals surface area (Å²) < 4.78 is 31.6. The first-order valence-electron chi connectivity index (χ1n) is 4.82. The number of methoxy groups -OCH3 is 1. The van der Waals surface area contributed by atoms with Crippen molar-refractivity contribution in [1.29, 1.82) is 0 Å². The van der Waals surface area contributed by atoms with Crippen molar-refractivity contribution in [1.82, 2.24) is 0 Å². The molecular weight excluding hydrogens is 240 g/mol. The van der Waals surface area contributed by atoms with Crippen LogP contribution < -0.4 is 0 Å². The smallest absolute Gasteiger partial charge is 0.232 e. The predicted molar refractivity (Wildman–Crippen MR) is 60.8 cm³/mol. The van der Waals surface area contributed by atoms with Crippen molar-refractivity contribution in [2.75, 3.05) is 26.1 Å². The lowest BCUT2D eigenvalue weighted by atomic mass is 10.1. The first kappa shape index (κ1) is 15.2. The summed E-state index contributed by atoms with van der Waals surface area (Å²) in [5.41, 5.74) is -0.196. The molecule has 0 rings (SSSR count). The molecule has 0 spiro atoms. The zero-order chi connectivity index (χ0) is 11.9. The van der Waals surface area contributed by atoms with Crippen molar-refractivity contribution in [2.45, 2.75) is 32.3 Å². The second-order valence-electron chi connectivity index (χ2n) is 3.92. The molecule has 0 aromatic heterocycles. The van der Waals surface area contributed by atoms with E-state index in [0.717, 1.165) is 6.42 Å². The fourth-order valence-electron chi connectivity index (χ4n) is 0.855. The molecule has 0 aliphatic rings. The van der Waals surface area contributed by atoms with E-state index >= 15 is 0 Å². The molecule has 0 fully saturated rings. The molecule has 92 valence electrons. The molecule has 0 heterocycles. The van der Waals surface area contributed by atoms with Crippen LogP contribution in [-0.2, 0) is 18.5 Å². The van der Waals surface area contributed by atoms with Crippen molar-refractivity contribution in [3.63, 3.8) is 0 Å². The van der Waals surface area contributed by atoms with Gasteiger partial charge < -0.3 is 9.47 Å². The SMILES string of the molecule is COC(C)(C)CCOCCCS(=O)(=O)Cl. The van der Waals surface area contributed by atoms with Crippen LogP contribution in [0.3, 0.4) is 0 Å². The lowest BCUT2D eigenvalue weighted by molar-refractivity contribution is -0.00961. The van der Waals surface area contributed by atoms with Crippen molar-refractivity contribution in [3.8, 4) is 0 Å². The van der Waals surface area contributed by atoms with Crippen molar-refractivity contribution < 1.29 is 17.9 Å². The lowest BCUT2D eigenvalue weighted by Crippen LogP contribution is -2.24. The quantitative estimate of drug-likeness (QED) is 0.492. The molecule has 6 heteroatoms. The summed E-state index contributed by atoms with van der Waals surface area (Å²) in [5.74, 6) is -0.0395. The van der Waals surface area contributed by atoms with Crippen molar-refractivity contribution in [3.05, 3.63) is 0 Å². The maximum atomic E-state index is 10.6. The van der Waals surface area contributed by atoms with Gasteiger partial charge in [0.1, 0.15) is 0 Å². The molecule has 0 N–H and O–H groups in total. The number of halogens is 1. The molecule has 4 nitrogen and oxygen atoms in total. The van der Waals surface area contributed by atoms with Crippen LogP contribution in [-0.4, -0.2) is 40.1 Å². The molecule has 15 heavy (non-hydrogen) atoms. The summed E-state index contributed by atoms with van der Waals surface area (Å²) in [6, 6.07) is 0. The Labute approximate surface area is 96.3 Å². The molecule has 0 amide bonds. The van der Waals surface area contributed by atoms with Gasteiger partial charge in [-0.2, -0.15) is 0 Å². The standard InChI is InChI=1S/C9H19ClO4S/c1-9(2,13-3)5-7-14-6-4-8-15(10,11)12/h4-8H2,1-3H3. The minimum absolute atomic E-state index is 0.0395. The first-order chi connectivity index (χ1) is 6.77. The molecule has 0 atom stereocenters. The van der Waals surface area contributed by atoms with Crippen LogP contribution in [0, 0.1) is 0 Å². The Kier molecular flexibility index (Phi) is 6.75. The second kappa shape index (κ2) is 6.68. The highest BCUT2D eigenvalue weighted by atomic mass is 35.7. The summed E-state index contributed by atoms with van der Waals surface area (Å²) in [7, 11) is 3.31. The van der Waals surface area contributed by atoms with Gasteiger partial charge in [-0.25, -0.2) is 8.42 Å². The van der Waals surface area contributed by atoms with Gasteiger partial charge in [-0.1, -0.05) is 0 Å². The Balaban J connectivity index is 3.41. The third-order valence-corrected chi connectivity index (χ3v) is 3.32. The highest BCUT2D eigenvalue weighted by molar-refractivity contribution is 8.13. The van der Waals surface area contributed by atoms with E-state index in [0.29, 0.717) is 19.6 Å². The van der Waals surface area contributed by atoms with E-state index in [4.69, 9.17) is 20.2 Å². The number of ether oxygens (including phenoxy) is 2. The predicted octanol–water partition coefficient (Wildman–Crippen LogP) is 1.78. The molecule has 0 aromatic rings.